The summed E-state index contributed by atoms with van der Waals surface area (Å²) >= 11 is 1.97. The van der Waals surface area contributed by atoms with Gasteiger partial charge >= 0.3 is 0 Å². The number of rotatable bonds is 9. The number of hydrogen-bond donors (Lipinski definition) is 2. The van der Waals surface area contributed by atoms with Crippen LogP contribution in [-0.2, 0) is 0 Å². The van der Waals surface area contributed by atoms with Gasteiger partial charge in [-0.15, -0.1) is 0 Å². The molecule has 0 aromatic heterocycles. The second kappa shape index (κ2) is 9.49. The van der Waals surface area contributed by atoms with Crippen molar-refractivity contribution in [3.63, 3.8) is 0 Å². The number of hydrogen-bond acceptors (Lipinski definition) is 3. The number of aliphatic hydroxyl groups is 1. The van der Waals surface area contributed by atoms with Crippen molar-refractivity contribution >= 4 is 11.8 Å². The highest BCUT2D eigenvalue weighted by Gasteiger charge is 2.15. The predicted octanol–water partition coefficient (Wildman–Crippen LogP) is 2.51. The van der Waals surface area contributed by atoms with Crippen molar-refractivity contribution in [1.29, 1.82) is 0 Å². The van der Waals surface area contributed by atoms with E-state index in [1.54, 1.807) is 0 Å². The molecule has 0 aliphatic rings. The molecule has 2 nitrogen and oxygen atoms in total. The van der Waals surface area contributed by atoms with Crippen LogP contribution in [0.1, 0.15) is 40.5 Å². The highest BCUT2D eigenvalue weighted by molar-refractivity contribution is 7.99. The summed E-state index contributed by atoms with van der Waals surface area (Å²) < 4.78 is 0. The molecule has 0 radical (unpaired) electrons. The first kappa shape index (κ1) is 15.3. The van der Waals surface area contributed by atoms with Crippen LogP contribution in [0.4, 0.5) is 0 Å². The lowest BCUT2D eigenvalue weighted by Crippen LogP contribution is -2.37. The molecule has 0 bridgehead atoms. The van der Waals surface area contributed by atoms with E-state index < -0.39 is 0 Å². The zero-order chi connectivity index (χ0) is 11.7. The smallest absolute Gasteiger partial charge is 0.0441 e. The fraction of sp³-hybridized carbons (Fsp3) is 1.00. The first-order valence-corrected chi connectivity index (χ1v) is 7.16. The molecule has 0 amide bonds. The van der Waals surface area contributed by atoms with E-state index in [0.717, 1.165) is 24.6 Å². The van der Waals surface area contributed by atoms with Gasteiger partial charge in [-0.2, -0.15) is 11.8 Å². The fourth-order valence-electron chi connectivity index (χ4n) is 1.50. The van der Waals surface area contributed by atoms with Crippen LogP contribution in [0.25, 0.3) is 0 Å². The van der Waals surface area contributed by atoms with Gasteiger partial charge in [0.15, 0.2) is 0 Å². The third-order valence-electron chi connectivity index (χ3n) is 2.89. The normalized spacial score (nSPS) is 17.4. The van der Waals surface area contributed by atoms with Gasteiger partial charge in [0.2, 0.25) is 0 Å². The highest BCUT2D eigenvalue weighted by atomic mass is 32.2. The van der Waals surface area contributed by atoms with Crippen LogP contribution in [-0.4, -0.2) is 35.3 Å². The van der Waals surface area contributed by atoms with Crippen molar-refractivity contribution in [2.45, 2.75) is 51.8 Å². The maximum atomic E-state index is 8.83. The average molecular weight is 233 g/mol. The van der Waals surface area contributed by atoms with Gasteiger partial charge in [0, 0.05) is 23.7 Å². The van der Waals surface area contributed by atoms with Gasteiger partial charge < -0.3 is 10.4 Å². The summed E-state index contributed by atoms with van der Waals surface area (Å²) in [7, 11) is 0. The van der Waals surface area contributed by atoms with Gasteiger partial charge in [0.25, 0.3) is 0 Å². The van der Waals surface area contributed by atoms with Crippen LogP contribution in [0.3, 0.4) is 0 Å². The quantitative estimate of drug-likeness (QED) is 0.642. The molecule has 0 aliphatic heterocycles. The Hall–Kier alpha value is 0.270. The molecule has 0 aliphatic carbocycles. The zero-order valence-electron chi connectivity index (χ0n) is 10.6. The van der Waals surface area contributed by atoms with Crippen molar-refractivity contribution in [3.05, 3.63) is 0 Å². The molecule has 92 valence electrons. The molecule has 15 heavy (non-hydrogen) atoms. The van der Waals surface area contributed by atoms with Gasteiger partial charge in [0.05, 0.1) is 0 Å². The molecule has 3 atom stereocenters. The van der Waals surface area contributed by atoms with Gasteiger partial charge in [-0.1, -0.05) is 34.1 Å². The topological polar surface area (TPSA) is 32.3 Å². The molecular formula is C12H27NOS. The summed E-state index contributed by atoms with van der Waals surface area (Å²) in [6, 6.07) is 0.617. The lowest BCUT2D eigenvalue weighted by Gasteiger charge is -2.24. The van der Waals surface area contributed by atoms with Gasteiger partial charge in [0.1, 0.15) is 0 Å². The first-order valence-electron chi connectivity index (χ1n) is 6.11. The number of thioether (sulfide) groups is 1. The van der Waals surface area contributed by atoms with Crippen LogP contribution in [0.15, 0.2) is 0 Å². The summed E-state index contributed by atoms with van der Waals surface area (Å²) in [5.74, 6) is 1.89. The molecule has 0 heterocycles. The third kappa shape index (κ3) is 7.20. The third-order valence-corrected chi connectivity index (χ3v) is 4.25. The second-order valence-corrected chi connectivity index (χ2v) is 5.68. The minimum absolute atomic E-state index is 0.309. The average Bonchev–Trinajstić information content (AvgIpc) is 2.23. The summed E-state index contributed by atoms with van der Waals surface area (Å²) in [4.78, 5) is 0. The summed E-state index contributed by atoms with van der Waals surface area (Å²) in [6.07, 6.45) is 2.14. The van der Waals surface area contributed by atoms with E-state index >= 15 is 0 Å². The molecule has 3 heteroatoms. The van der Waals surface area contributed by atoms with Gasteiger partial charge in [-0.25, -0.2) is 0 Å². The van der Waals surface area contributed by atoms with E-state index in [9.17, 15) is 0 Å². The summed E-state index contributed by atoms with van der Waals surface area (Å²) in [5, 5.41) is 12.9. The molecule has 0 saturated carbocycles. The van der Waals surface area contributed by atoms with Crippen molar-refractivity contribution in [2.24, 2.45) is 5.92 Å². The predicted molar refractivity (Wildman–Crippen MR) is 70.5 cm³/mol. The van der Waals surface area contributed by atoms with Crippen molar-refractivity contribution in [3.8, 4) is 0 Å². The Labute approximate surface area is 99.2 Å². The lowest BCUT2D eigenvalue weighted by molar-refractivity contribution is 0.288. The molecule has 0 rings (SSSR count). The van der Waals surface area contributed by atoms with E-state index in [4.69, 9.17) is 5.11 Å². The molecule has 3 unspecified atom stereocenters. The monoisotopic (exact) mass is 233 g/mol. The minimum Gasteiger partial charge on any atom is -0.396 e. The van der Waals surface area contributed by atoms with Crippen molar-refractivity contribution in [1.82, 2.24) is 5.32 Å². The largest absolute Gasteiger partial charge is 0.396 e. The Morgan fingerprint density at radius 2 is 1.93 bits per heavy atom. The summed E-state index contributed by atoms with van der Waals surface area (Å²) in [6.45, 7) is 10.3. The van der Waals surface area contributed by atoms with Crippen LogP contribution in [0.2, 0.25) is 0 Å². The van der Waals surface area contributed by atoms with Crippen LogP contribution in [0, 0.1) is 5.92 Å². The first-order chi connectivity index (χ1) is 7.15. The molecule has 0 fully saturated rings. The maximum Gasteiger partial charge on any atom is 0.0441 e. The van der Waals surface area contributed by atoms with E-state index in [0.29, 0.717) is 17.9 Å². The second-order valence-electron chi connectivity index (χ2n) is 4.21. The molecular weight excluding hydrogens is 206 g/mol. The SMILES string of the molecule is CCNC(CSC(C)CCO)C(C)CC. The Kier molecular flexibility index (Phi) is 9.66. The maximum absolute atomic E-state index is 8.83. The number of aliphatic hydroxyl groups excluding tert-OH is 1. The standard InChI is InChI=1S/C12H27NOS/c1-5-10(3)12(13-6-2)9-15-11(4)7-8-14/h10-14H,5-9H2,1-4H3. The zero-order valence-corrected chi connectivity index (χ0v) is 11.4. The van der Waals surface area contributed by atoms with Crippen molar-refractivity contribution in [2.75, 3.05) is 18.9 Å². The van der Waals surface area contributed by atoms with Gasteiger partial charge in [-0.05, 0) is 18.9 Å². The Balaban J connectivity index is 3.84. The number of nitrogens with one attached hydrogen (secondary N) is 1. The van der Waals surface area contributed by atoms with E-state index in [1.807, 2.05) is 11.8 Å². The van der Waals surface area contributed by atoms with E-state index in [-0.39, 0.29) is 0 Å². The molecule has 0 saturated heterocycles. The molecule has 0 aromatic rings. The summed E-state index contributed by atoms with van der Waals surface area (Å²) in [5.41, 5.74) is 0. The fourth-order valence-corrected chi connectivity index (χ4v) is 2.76. The molecule has 0 spiro atoms. The van der Waals surface area contributed by atoms with E-state index in [1.165, 1.54) is 6.42 Å². The Bertz CT molecular complexity index is 144. The van der Waals surface area contributed by atoms with Crippen LogP contribution in [0.5, 0.6) is 0 Å². The Morgan fingerprint density at radius 1 is 1.27 bits per heavy atom. The Morgan fingerprint density at radius 3 is 2.40 bits per heavy atom. The molecule has 0 aromatic carbocycles. The lowest BCUT2D eigenvalue weighted by atomic mass is 10.0. The molecule has 2 N–H and O–H groups in total. The van der Waals surface area contributed by atoms with E-state index in [2.05, 4.69) is 33.0 Å². The van der Waals surface area contributed by atoms with Crippen molar-refractivity contribution < 1.29 is 5.11 Å². The van der Waals surface area contributed by atoms with Crippen LogP contribution < -0.4 is 5.32 Å². The van der Waals surface area contributed by atoms with Crippen LogP contribution >= 0.6 is 11.8 Å². The minimum atomic E-state index is 0.309. The van der Waals surface area contributed by atoms with Gasteiger partial charge in [-0.3, -0.25) is 0 Å². The highest BCUT2D eigenvalue weighted by Crippen LogP contribution is 2.19.